The van der Waals surface area contributed by atoms with Gasteiger partial charge >= 0.3 is 0 Å². The predicted octanol–water partition coefficient (Wildman–Crippen LogP) is 2.25. The molecule has 0 aliphatic carbocycles. The first-order valence-electron chi connectivity index (χ1n) is 9.25. The SMILES string of the molecule is CC(C(=O)N(C)C1CCN(CCc2ccccn2)CC1)C1CNC1.Cl.Cl. The van der Waals surface area contributed by atoms with Gasteiger partial charge in [0.2, 0.25) is 5.91 Å². The standard InChI is InChI=1S/C19H30N4O.2ClH/c1-15(16-13-20-14-16)19(24)22(2)18-7-11-23(12-8-18)10-6-17-5-3-4-9-21-17;;/h3-5,9,15-16,18,20H,6-8,10-14H2,1-2H3;2*1H. The first-order chi connectivity index (χ1) is 11.6. The summed E-state index contributed by atoms with van der Waals surface area (Å²) in [5, 5.41) is 3.27. The molecule has 1 unspecified atom stereocenters. The number of amides is 1. The van der Waals surface area contributed by atoms with Gasteiger partial charge in [0.15, 0.2) is 0 Å². The van der Waals surface area contributed by atoms with Crippen LogP contribution in [-0.2, 0) is 11.2 Å². The van der Waals surface area contributed by atoms with Crippen LogP contribution in [0.3, 0.4) is 0 Å². The third-order valence-corrected chi connectivity index (χ3v) is 5.77. The molecule has 0 radical (unpaired) electrons. The van der Waals surface area contributed by atoms with Crippen LogP contribution in [0.5, 0.6) is 0 Å². The molecule has 0 aromatic carbocycles. The van der Waals surface area contributed by atoms with E-state index in [2.05, 4.69) is 28.2 Å². The minimum atomic E-state index is 0. The molecule has 2 aliphatic rings. The normalized spacial score (nSPS) is 19.6. The van der Waals surface area contributed by atoms with E-state index in [1.165, 1.54) is 0 Å². The second-order valence-electron chi connectivity index (χ2n) is 7.30. The lowest BCUT2D eigenvalue weighted by atomic mass is 9.87. The van der Waals surface area contributed by atoms with Crippen LogP contribution < -0.4 is 5.32 Å². The molecule has 0 spiro atoms. The monoisotopic (exact) mass is 402 g/mol. The van der Waals surface area contributed by atoms with Crippen molar-refractivity contribution in [1.29, 1.82) is 0 Å². The molecule has 26 heavy (non-hydrogen) atoms. The number of halogens is 2. The van der Waals surface area contributed by atoms with Gasteiger partial charge in [-0.2, -0.15) is 0 Å². The van der Waals surface area contributed by atoms with Crippen molar-refractivity contribution in [3.8, 4) is 0 Å². The molecule has 1 aromatic rings. The molecule has 7 heteroatoms. The van der Waals surface area contributed by atoms with Gasteiger partial charge in [0.05, 0.1) is 0 Å². The molecule has 148 valence electrons. The quantitative estimate of drug-likeness (QED) is 0.792. The summed E-state index contributed by atoms with van der Waals surface area (Å²) in [6.07, 6.45) is 5.03. The fraction of sp³-hybridized carbons (Fsp3) is 0.684. The van der Waals surface area contributed by atoms with E-state index in [9.17, 15) is 4.79 Å². The van der Waals surface area contributed by atoms with Crippen molar-refractivity contribution in [2.45, 2.75) is 32.2 Å². The Labute approximate surface area is 169 Å². The zero-order valence-corrected chi connectivity index (χ0v) is 17.4. The van der Waals surface area contributed by atoms with Crippen LogP contribution in [0.1, 0.15) is 25.5 Å². The van der Waals surface area contributed by atoms with Crippen molar-refractivity contribution in [3.63, 3.8) is 0 Å². The van der Waals surface area contributed by atoms with E-state index in [4.69, 9.17) is 0 Å². The lowest BCUT2D eigenvalue weighted by Gasteiger charge is -2.40. The van der Waals surface area contributed by atoms with Crippen LogP contribution in [0.4, 0.5) is 0 Å². The van der Waals surface area contributed by atoms with Crippen molar-refractivity contribution < 1.29 is 4.79 Å². The number of rotatable bonds is 6. The minimum absolute atomic E-state index is 0. The molecule has 1 atom stereocenters. The smallest absolute Gasteiger partial charge is 0.225 e. The number of nitrogens with one attached hydrogen (secondary N) is 1. The number of piperidine rings is 1. The molecule has 2 saturated heterocycles. The Morgan fingerprint density at radius 3 is 2.54 bits per heavy atom. The number of pyridine rings is 1. The van der Waals surface area contributed by atoms with E-state index in [0.717, 1.165) is 57.7 Å². The highest BCUT2D eigenvalue weighted by atomic mass is 35.5. The second kappa shape index (κ2) is 11.1. The topological polar surface area (TPSA) is 48.5 Å². The maximum atomic E-state index is 12.6. The summed E-state index contributed by atoms with van der Waals surface area (Å²) in [7, 11) is 2.00. The largest absolute Gasteiger partial charge is 0.342 e. The predicted molar refractivity (Wildman–Crippen MR) is 110 cm³/mol. The molecule has 5 nitrogen and oxygen atoms in total. The fourth-order valence-corrected chi connectivity index (χ4v) is 3.72. The van der Waals surface area contributed by atoms with Gasteiger partial charge in [-0.25, -0.2) is 0 Å². The summed E-state index contributed by atoms with van der Waals surface area (Å²) >= 11 is 0. The molecule has 2 aliphatic heterocycles. The Kier molecular flexibility index (Phi) is 9.86. The van der Waals surface area contributed by atoms with E-state index in [1.807, 2.05) is 30.3 Å². The van der Waals surface area contributed by atoms with Gasteiger partial charge in [-0.15, -0.1) is 24.8 Å². The number of carbonyl (C=O) groups excluding carboxylic acids is 1. The van der Waals surface area contributed by atoms with Gasteiger partial charge in [0.1, 0.15) is 0 Å². The van der Waals surface area contributed by atoms with E-state index in [0.29, 0.717) is 17.9 Å². The van der Waals surface area contributed by atoms with Crippen LogP contribution in [0.25, 0.3) is 0 Å². The Morgan fingerprint density at radius 2 is 2.00 bits per heavy atom. The Balaban J connectivity index is 0.00000169. The molecule has 3 rings (SSSR count). The Bertz CT molecular complexity index is 534. The number of likely N-dealkylation sites (tertiary alicyclic amines) is 1. The van der Waals surface area contributed by atoms with Gasteiger partial charge < -0.3 is 15.1 Å². The zero-order chi connectivity index (χ0) is 16.9. The number of aromatic nitrogens is 1. The summed E-state index contributed by atoms with van der Waals surface area (Å²) in [5.41, 5.74) is 1.16. The van der Waals surface area contributed by atoms with Crippen molar-refractivity contribution in [2.24, 2.45) is 11.8 Å². The van der Waals surface area contributed by atoms with E-state index in [1.54, 1.807) is 0 Å². The third kappa shape index (κ3) is 5.81. The first-order valence-corrected chi connectivity index (χ1v) is 9.25. The fourth-order valence-electron chi connectivity index (χ4n) is 3.72. The lowest BCUT2D eigenvalue weighted by Crippen LogP contribution is -2.52. The van der Waals surface area contributed by atoms with Crippen molar-refractivity contribution in [1.82, 2.24) is 20.1 Å². The van der Waals surface area contributed by atoms with Crippen LogP contribution in [-0.4, -0.2) is 66.5 Å². The minimum Gasteiger partial charge on any atom is -0.342 e. The van der Waals surface area contributed by atoms with Gasteiger partial charge in [-0.05, 0) is 44.0 Å². The average molecular weight is 403 g/mol. The van der Waals surface area contributed by atoms with E-state index in [-0.39, 0.29) is 30.7 Å². The van der Waals surface area contributed by atoms with Crippen LogP contribution in [0.15, 0.2) is 24.4 Å². The van der Waals surface area contributed by atoms with Gasteiger partial charge in [0.25, 0.3) is 0 Å². The number of carbonyl (C=O) groups is 1. The maximum Gasteiger partial charge on any atom is 0.225 e. The molecule has 2 fully saturated rings. The highest BCUT2D eigenvalue weighted by Crippen LogP contribution is 2.22. The van der Waals surface area contributed by atoms with E-state index < -0.39 is 0 Å². The summed E-state index contributed by atoms with van der Waals surface area (Å²) in [5.74, 6) is 1.00. The second-order valence-corrected chi connectivity index (χ2v) is 7.30. The van der Waals surface area contributed by atoms with Crippen LogP contribution >= 0.6 is 24.8 Å². The zero-order valence-electron chi connectivity index (χ0n) is 15.8. The summed E-state index contributed by atoms with van der Waals surface area (Å²) in [4.78, 5) is 21.6. The highest BCUT2D eigenvalue weighted by Gasteiger charge is 2.33. The molecule has 0 saturated carbocycles. The van der Waals surface area contributed by atoms with Crippen molar-refractivity contribution >= 4 is 30.7 Å². The summed E-state index contributed by atoms with van der Waals surface area (Å²) < 4.78 is 0. The van der Waals surface area contributed by atoms with Crippen molar-refractivity contribution in [3.05, 3.63) is 30.1 Å². The van der Waals surface area contributed by atoms with Gasteiger partial charge in [-0.3, -0.25) is 9.78 Å². The third-order valence-electron chi connectivity index (χ3n) is 5.77. The van der Waals surface area contributed by atoms with Crippen LogP contribution in [0.2, 0.25) is 0 Å². The molecule has 3 heterocycles. The Hall–Kier alpha value is -0.880. The van der Waals surface area contributed by atoms with Gasteiger partial charge in [-0.1, -0.05) is 13.0 Å². The molecule has 1 N–H and O–H groups in total. The van der Waals surface area contributed by atoms with Crippen molar-refractivity contribution in [2.75, 3.05) is 39.8 Å². The maximum absolute atomic E-state index is 12.6. The summed E-state index contributed by atoms with van der Waals surface area (Å²) in [6.45, 7) is 7.29. The number of hydrogen-bond acceptors (Lipinski definition) is 4. The van der Waals surface area contributed by atoms with Gasteiger partial charge in [0, 0.05) is 57.0 Å². The molecule has 1 amide bonds. The number of hydrogen-bond donors (Lipinski definition) is 1. The molecular weight excluding hydrogens is 371 g/mol. The highest BCUT2D eigenvalue weighted by molar-refractivity contribution is 5.85. The molecular formula is C19H32Cl2N4O. The van der Waals surface area contributed by atoms with Crippen LogP contribution in [0, 0.1) is 11.8 Å². The summed E-state index contributed by atoms with van der Waals surface area (Å²) in [6, 6.07) is 6.51. The molecule has 0 bridgehead atoms. The Morgan fingerprint density at radius 1 is 1.31 bits per heavy atom. The lowest BCUT2D eigenvalue weighted by molar-refractivity contribution is -0.139. The average Bonchev–Trinajstić information content (AvgIpc) is 2.58. The molecule has 1 aromatic heterocycles. The first kappa shape index (κ1) is 23.2. The number of nitrogens with zero attached hydrogens (tertiary/aromatic N) is 3. The van der Waals surface area contributed by atoms with E-state index >= 15 is 0 Å².